The van der Waals surface area contributed by atoms with E-state index < -0.39 is 48.7 Å². The minimum atomic E-state index is -1.27. The van der Waals surface area contributed by atoms with Gasteiger partial charge in [0.1, 0.15) is 18.3 Å². The van der Waals surface area contributed by atoms with E-state index in [2.05, 4.69) is 10.6 Å². The van der Waals surface area contributed by atoms with Gasteiger partial charge in [0.15, 0.2) is 0 Å². The highest BCUT2D eigenvalue weighted by Gasteiger charge is 2.34. The molecule has 0 fully saturated rings. The number of carboxylic acids is 1. The summed E-state index contributed by atoms with van der Waals surface area (Å²) in [6.07, 6.45) is -0.0307. The van der Waals surface area contributed by atoms with Gasteiger partial charge in [-0.25, -0.2) is 4.79 Å². The Kier molecular flexibility index (Phi) is 6.45. The Morgan fingerprint density at radius 1 is 0.857 bits per heavy atom. The van der Waals surface area contributed by atoms with Gasteiger partial charge in [-0.2, -0.15) is 0 Å². The Hall–Kier alpha value is -4.73. The molecule has 3 aromatic rings. The van der Waals surface area contributed by atoms with Crippen molar-refractivity contribution < 1.29 is 34.2 Å². The fourth-order valence-corrected chi connectivity index (χ4v) is 3.92. The molecule has 1 atom stereocenters. The first-order chi connectivity index (χ1) is 16.7. The maximum Gasteiger partial charge on any atom is 0.326 e. The van der Waals surface area contributed by atoms with Crippen LogP contribution in [0, 0.1) is 0 Å². The van der Waals surface area contributed by atoms with E-state index in [1.54, 1.807) is 36.4 Å². The van der Waals surface area contributed by atoms with Crippen LogP contribution in [-0.2, 0) is 20.8 Å². The summed E-state index contributed by atoms with van der Waals surface area (Å²) in [5, 5.41) is 24.6. The molecule has 1 heterocycles. The second-order valence-electron chi connectivity index (χ2n) is 8.01. The van der Waals surface area contributed by atoms with Crippen LogP contribution in [0.2, 0.25) is 0 Å². The summed E-state index contributed by atoms with van der Waals surface area (Å²) in [6.45, 7) is -1.13. The number of carbonyl (C=O) groups is 5. The Morgan fingerprint density at radius 2 is 1.46 bits per heavy atom. The molecule has 35 heavy (non-hydrogen) atoms. The number of hydrogen-bond donors (Lipinski definition) is 4. The number of nitrogens with zero attached hydrogens (tertiary/aromatic N) is 1. The zero-order chi connectivity index (χ0) is 25.1. The molecule has 0 aromatic heterocycles. The van der Waals surface area contributed by atoms with E-state index in [1.807, 2.05) is 0 Å². The van der Waals surface area contributed by atoms with Gasteiger partial charge in [-0.15, -0.1) is 0 Å². The highest BCUT2D eigenvalue weighted by molar-refractivity contribution is 6.26. The Labute approximate surface area is 199 Å². The van der Waals surface area contributed by atoms with Gasteiger partial charge in [0.25, 0.3) is 11.8 Å². The minimum absolute atomic E-state index is 0.0261. The van der Waals surface area contributed by atoms with Crippen molar-refractivity contribution in [1.82, 2.24) is 15.5 Å². The van der Waals surface area contributed by atoms with Crippen LogP contribution in [0.15, 0.2) is 60.7 Å². The maximum atomic E-state index is 12.9. The van der Waals surface area contributed by atoms with Crippen LogP contribution in [0.5, 0.6) is 5.75 Å². The predicted octanol–water partition coefficient (Wildman–Crippen LogP) is 1.07. The number of benzene rings is 3. The lowest BCUT2D eigenvalue weighted by Crippen LogP contribution is -2.49. The van der Waals surface area contributed by atoms with Crippen molar-refractivity contribution >= 4 is 40.4 Å². The van der Waals surface area contributed by atoms with E-state index in [4.69, 9.17) is 0 Å². The van der Waals surface area contributed by atoms with Crippen molar-refractivity contribution in [1.29, 1.82) is 0 Å². The zero-order valence-corrected chi connectivity index (χ0v) is 18.4. The van der Waals surface area contributed by atoms with E-state index in [1.165, 1.54) is 24.3 Å². The first-order valence-corrected chi connectivity index (χ1v) is 10.7. The van der Waals surface area contributed by atoms with Crippen LogP contribution in [0.4, 0.5) is 0 Å². The molecule has 178 valence electrons. The first-order valence-electron chi connectivity index (χ1n) is 10.7. The van der Waals surface area contributed by atoms with Crippen molar-refractivity contribution in [2.24, 2.45) is 0 Å². The van der Waals surface area contributed by atoms with Crippen molar-refractivity contribution in [2.75, 3.05) is 13.1 Å². The zero-order valence-electron chi connectivity index (χ0n) is 18.4. The number of rotatable bonds is 8. The molecule has 1 unspecified atom stereocenters. The number of carboxylic acid groups (broad SMARTS) is 1. The third-order valence-electron chi connectivity index (χ3n) is 5.61. The molecule has 4 amide bonds. The Bertz CT molecular complexity index is 1300. The number of hydrogen-bond acceptors (Lipinski definition) is 6. The smallest absolute Gasteiger partial charge is 0.326 e. The third-order valence-corrected chi connectivity index (χ3v) is 5.61. The Morgan fingerprint density at radius 3 is 2.03 bits per heavy atom. The molecule has 4 N–H and O–H groups in total. The fourth-order valence-electron chi connectivity index (χ4n) is 3.92. The summed E-state index contributed by atoms with van der Waals surface area (Å²) in [6, 6.07) is 14.7. The van der Waals surface area contributed by atoms with Gasteiger partial charge >= 0.3 is 5.97 Å². The number of aromatic hydroxyl groups is 1. The van der Waals surface area contributed by atoms with Crippen LogP contribution in [0.3, 0.4) is 0 Å². The van der Waals surface area contributed by atoms with Gasteiger partial charge in [-0.1, -0.05) is 36.4 Å². The summed E-state index contributed by atoms with van der Waals surface area (Å²) in [7, 11) is 0. The fraction of sp³-hybridized carbons (Fsp3) is 0.160. The third kappa shape index (κ3) is 4.96. The average molecular weight is 475 g/mol. The second-order valence-corrected chi connectivity index (χ2v) is 8.01. The standard InChI is InChI=1S/C25H21N3O7/c29-16-9-7-14(8-10-16)11-19(25(34)35)27-20(30)12-26-21(31)13-28-23(32)17-5-1-3-15-4-2-6-18(22(15)17)24(28)33/h1-10,19,29H,11-13H2,(H,26,31)(H,27,30)(H,34,35). The van der Waals surface area contributed by atoms with Crippen LogP contribution in [0.1, 0.15) is 26.3 Å². The van der Waals surface area contributed by atoms with E-state index in [-0.39, 0.29) is 12.2 Å². The highest BCUT2D eigenvalue weighted by atomic mass is 16.4. The molecule has 0 spiro atoms. The van der Waals surface area contributed by atoms with Gasteiger partial charge < -0.3 is 20.8 Å². The summed E-state index contributed by atoms with van der Waals surface area (Å²) >= 11 is 0. The molecular weight excluding hydrogens is 454 g/mol. The van der Waals surface area contributed by atoms with Crippen molar-refractivity contribution in [2.45, 2.75) is 12.5 Å². The number of nitrogens with one attached hydrogen (secondary N) is 2. The van der Waals surface area contributed by atoms with Gasteiger partial charge in [0.05, 0.1) is 6.54 Å². The molecule has 0 saturated heterocycles. The summed E-state index contributed by atoms with van der Waals surface area (Å²) < 4.78 is 0. The Balaban J connectivity index is 1.36. The number of phenols is 1. The maximum absolute atomic E-state index is 12.9. The van der Waals surface area contributed by atoms with Crippen molar-refractivity contribution in [3.05, 3.63) is 77.4 Å². The molecule has 4 rings (SSSR count). The number of amides is 4. The van der Waals surface area contributed by atoms with Crippen LogP contribution in [0.25, 0.3) is 10.8 Å². The van der Waals surface area contributed by atoms with E-state index in [9.17, 15) is 34.2 Å². The van der Waals surface area contributed by atoms with Crippen LogP contribution in [-0.4, -0.2) is 63.8 Å². The lowest BCUT2D eigenvalue weighted by molar-refractivity contribution is -0.141. The molecular formula is C25H21N3O7. The summed E-state index contributed by atoms with van der Waals surface area (Å²) in [5.41, 5.74) is 1.19. The second kappa shape index (κ2) is 9.64. The topological polar surface area (TPSA) is 153 Å². The lowest BCUT2D eigenvalue weighted by atomic mass is 9.94. The van der Waals surface area contributed by atoms with E-state index >= 15 is 0 Å². The minimum Gasteiger partial charge on any atom is -0.508 e. The molecule has 10 nitrogen and oxygen atoms in total. The van der Waals surface area contributed by atoms with Gasteiger partial charge in [-0.05, 0) is 35.2 Å². The SMILES string of the molecule is O=C(CN1C(=O)c2cccc3cccc(c23)C1=O)NCC(=O)NC(Cc1ccc(O)cc1)C(=O)O. The lowest BCUT2D eigenvalue weighted by Gasteiger charge is -2.26. The first kappa shape index (κ1) is 23.4. The number of carbonyl (C=O) groups excluding carboxylic acids is 4. The van der Waals surface area contributed by atoms with Crippen LogP contribution < -0.4 is 10.6 Å². The normalized spacial score (nSPS) is 13.4. The molecule has 1 aliphatic rings. The molecule has 0 bridgehead atoms. The number of imide groups is 1. The monoisotopic (exact) mass is 475 g/mol. The summed E-state index contributed by atoms with van der Waals surface area (Å²) in [4.78, 5) is 62.7. The average Bonchev–Trinajstić information content (AvgIpc) is 2.84. The molecule has 0 saturated carbocycles. The van der Waals surface area contributed by atoms with Gasteiger partial charge in [0, 0.05) is 22.9 Å². The molecule has 1 aliphatic heterocycles. The number of phenolic OH excluding ortho intramolecular Hbond substituents is 1. The molecule has 10 heteroatoms. The van der Waals surface area contributed by atoms with Crippen molar-refractivity contribution in [3.63, 3.8) is 0 Å². The summed E-state index contributed by atoms with van der Waals surface area (Å²) in [5.74, 6) is -3.97. The van der Waals surface area contributed by atoms with Crippen molar-refractivity contribution in [3.8, 4) is 5.75 Å². The van der Waals surface area contributed by atoms with Crippen LogP contribution >= 0.6 is 0 Å². The number of aliphatic carboxylic acids is 1. The highest BCUT2D eigenvalue weighted by Crippen LogP contribution is 2.29. The molecule has 3 aromatic carbocycles. The predicted molar refractivity (Wildman–Crippen MR) is 124 cm³/mol. The van der Waals surface area contributed by atoms with E-state index in [0.29, 0.717) is 22.1 Å². The molecule has 0 radical (unpaired) electrons. The quantitative estimate of drug-likeness (QED) is 0.356. The largest absolute Gasteiger partial charge is 0.508 e. The van der Waals surface area contributed by atoms with Gasteiger partial charge in [-0.3, -0.25) is 24.1 Å². The molecule has 0 aliphatic carbocycles. The van der Waals surface area contributed by atoms with E-state index in [0.717, 1.165) is 10.3 Å². The van der Waals surface area contributed by atoms with Gasteiger partial charge in [0.2, 0.25) is 11.8 Å².